The van der Waals surface area contributed by atoms with E-state index in [4.69, 9.17) is 0 Å². The van der Waals surface area contributed by atoms with Gasteiger partial charge in [0.25, 0.3) is 0 Å². The highest BCUT2D eigenvalue weighted by Gasteiger charge is 2.21. The van der Waals surface area contributed by atoms with Crippen molar-refractivity contribution in [3.63, 3.8) is 0 Å². The van der Waals surface area contributed by atoms with Gasteiger partial charge in [-0.2, -0.15) is 0 Å². The smallest absolute Gasteiger partial charge is 0.0543 e. The van der Waals surface area contributed by atoms with E-state index in [9.17, 15) is 0 Å². The highest BCUT2D eigenvalue weighted by Crippen LogP contribution is 2.32. The topological polar surface area (TPSA) is 28.2 Å². The van der Waals surface area contributed by atoms with Crippen LogP contribution in [-0.2, 0) is 6.54 Å². The summed E-state index contributed by atoms with van der Waals surface area (Å²) >= 11 is 0. The van der Waals surface area contributed by atoms with E-state index in [0.717, 1.165) is 31.9 Å². The number of hydrogen-bond acceptors (Lipinski definition) is 3. The zero-order valence-electron chi connectivity index (χ0n) is 12.6. The zero-order valence-corrected chi connectivity index (χ0v) is 12.6. The quantitative estimate of drug-likeness (QED) is 0.909. The summed E-state index contributed by atoms with van der Waals surface area (Å²) in [5.74, 6) is 0.617. The van der Waals surface area contributed by atoms with E-state index in [1.807, 2.05) is 12.3 Å². The molecule has 2 aromatic rings. The number of likely N-dealkylation sites (N-methyl/N-ethyl adjacent to an activating group) is 1. The first-order chi connectivity index (χ1) is 10.4. The number of nitrogens with zero attached hydrogens (tertiary/aromatic N) is 2. The van der Waals surface area contributed by atoms with E-state index < -0.39 is 0 Å². The second-order valence-electron chi connectivity index (χ2n) is 5.65. The molecule has 1 atom stereocenters. The van der Waals surface area contributed by atoms with E-state index in [1.165, 1.54) is 17.7 Å². The molecule has 0 fully saturated rings. The standard InChI is InChI=1S/C18H23N3/c1-2-21(14-16-7-5-6-11-19-16)13-15-10-12-20-18-9-4-3-8-17(15)18/h3-9,11,15,20H,2,10,12-14H2,1H3. The van der Waals surface area contributed by atoms with Crippen LogP contribution >= 0.6 is 0 Å². The molecule has 0 aliphatic carbocycles. The van der Waals surface area contributed by atoms with Gasteiger partial charge in [0.2, 0.25) is 0 Å². The number of aromatic nitrogens is 1. The normalized spacial score (nSPS) is 17.3. The molecule has 1 aromatic carbocycles. The third-order valence-corrected chi connectivity index (χ3v) is 4.25. The van der Waals surface area contributed by atoms with Gasteiger partial charge in [0.1, 0.15) is 0 Å². The van der Waals surface area contributed by atoms with Crippen molar-refractivity contribution in [2.24, 2.45) is 0 Å². The number of anilines is 1. The van der Waals surface area contributed by atoms with Crippen LogP contribution in [0.15, 0.2) is 48.7 Å². The van der Waals surface area contributed by atoms with Gasteiger partial charge in [-0.15, -0.1) is 0 Å². The molecule has 3 heteroatoms. The lowest BCUT2D eigenvalue weighted by Gasteiger charge is -2.31. The summed E-state index contributed by atoms with van der Waals surface area (Å²) in [5.41, 5.74) is 3.92. The Morgan fingerprint density at radius 1 is 1.19 bits per heavy atom. The summed E-state index contributed by atoms with van der Waals surface area (Å²) < 4.78 is 0. The van der Waals surface area contributed by atoms with E-state index in [2.05, 4.69) is 58.5 Å². The summed E-state index contributed by atoms with van der Waals surface area (Å²) in [4.78, 5) is 6.95. The average molecular weight is 281 g/mol. The molecule has 3 rings (SSSR count). The van der Waals surface area contributed by atoms with Crippen LogP contribution in [0, 0.1) is 0 Å². The number of fused-ring (bicyclic) bond motifs is 1. The van der Waals surface area contributed by atoms with Gasteiger partial charge in [-0.05, 0) is 36.7 Å². The minimum atomic E-state index is 0.617. The minimum Gasteiger partial charge on any atom is -0.385 e. The fourth-order valence-corrected chi connectivity index (χ4v) is 3.08. The molecule has 3 nitrogen and oxygen atoms in total. The van der Waals surface area contributed by atoms with E-state index in [0.29, 0.717) is 5.92 Å². The number of rotatable bonds is 5. The molecule has 0 amide bonds. The predicted octanol–water partition coefficient (Wildman–Crippen LogP) is 3.50. The van der Waals surface area contributed by atoms with Crippen LogP contribution in [0.2, 0.25) is 0 Å². The molecule has 0 saturated heterocycles. The molecular formula is C18H23N3. The van der Waals surface area contributed by atoms with Gasteiger partial charge in [-0.25, -0.2) is 0 Å². The van der Waals surface area contributed by atoms with Gasteiger partial charge in [-0.3, -0.25) is 9.88 Å². The summed E-state index contributed by atoms with van der Waals surface area (Å²) in [6, 6.07) is 14.9. The maximum Gasteiger partial charge on any atom is 0.0543 e. The number of benzene rings is 1. The molecule has 0 saturated carbocycles. The van der Waals surface area contributed by atoms with E-state index in [1.54, 1.807) is 0 Å². The Kier molecular flexibility index (Phi) is 4.51. The molecular weight excluding hydrogens is 258 g/mol. The molecule has 110 valence electrons. The molecule has 0 bridgehead atoms. The molecule has 21 heavy (non-hydrogen) atoms. The Bertz CT molecular complexity index is 568. The first kappa shape index (κ1) is 14.1. The zero-order chi connectivity index (χ0) is 14.5. The first-order valence-corrected chi connectivity index (χ1v) is 7.82. The maximum atomic E-state index is 4.45. The lowest BCUT2D eigenvalue weighted by atomic mass is 9.90. The van der Waals surface area contributed by atoms with Crippen LogP contribution < -0.4 is 5.32 Å². The molecule has 0 radical (unpaired) electrons. The molecule has 1 N–H and O–H groups in total. The van der Waals surface area contributed by atoms with Crippen LogP contribution in [0.4, 0.5) is 5.69 Å². The van der Waals surface area contributed by atoms with Gasteiger partial charge < -0.3 is 5.32 Å². The van der Waals surface area contributed by atoms with Crippen molar-refractivity contribution in [2.45, 2.75) is 25.8 Å². The van der Waals surface area contributed by atoms with Crippen molar-refractivity contribution < 1.29 is 0 Å². The van der Waals surface area contributed by atoms with Gasteiger partial charge in [-0.1, -0.05) is 31.2 Å². The molecule has 1 aliphatic rings. The molecule has 1 aromatic heterocycles. The van der Waals surface area contributed by atoms with Crippen molar-refractivity contribution in [1.82, 2.24) is 9.88 Å². The average Bonchev–Trinajstić information content (AvgIpc) is 2.55. The monoisotopic (exact) mass is 281 g/mol. The summed E-state index contributed by atoms with van der Waals surface area (Å²) in [5, 5.41) is 3.50. The third-order valence-electron chi connectivity index (χ3n) is 4.25. The second-order valence-corrected chi connectivity index (χ2v) is 5.65. The Hall–Kier alpha value is -1.87. The van der Waals surface area contributed by atoms with Crippen molar-refractivity contribution in [3.05, 3.63) is 59.9 Å². The van der Waals surface area contributed by atoms with Gasteiger partial charge in [0.05, 0.1) is 5.69 Å². The molecule has 1 aliphatic heterocycles. The lowest BCUT2D eigenvalue weighted by molar-refractivity contribution is 0.254. The highest BCUT2D eigenvalue weighted by atomic mass is 15.1. The summed E-state index contributed by atoms with van der Waals surface area (Å²) in [6.07, 6.45) is 3.08. The molecule has 2 heterocycles. The summed E-state index contributed by atoms with van der Waals surface area (Å²) in [7, 11) is 0. The van der Waals surface area contributed by atoms with Crippen molar-refractivity contribution in [3.8, 4) is 0 Å². The predicted molar refractivity (Wildman–Crippen MR) is 87.5 cm³/mol. The van der Waals surface area contributed by atoms with Crippen LogP contribution in [0.5, 0.6) is 0 Å². The fraction of sp³-hybridized carbons (Fsp3) is 0.389. The van der Waals surface area contributed by atoms with E-state index in [-0.39, 0.29) is 0 Å². The van der Waals surface area contributed by atoms with Crippen molar-refractivity contribution in [2.75, 3.05) is 25.0 Å². The van der Waals surface area contributed by atoms with Crippen LogP contribution in [-0.4, -0.2) is 29.5 Å². The Morgan fingerprint density at radius 3 is 2.86 bits per heavy atom. The van der Waals surface area contributed by atoms with Crippen molar-refractivity contribution >= 4 is 5.69 Å². The minimum absolute atomic E-state index is 0.617. The Labute approximate surface area is 127 Å². The maximum absolute atomic E-state index is 4.45. The summed E-state index contributed by atoms with van der Waals surface area (Å²) in [6.45, 7) is 6.40. The molecule has 0 spiro atoms. The number of hydrogen-bond donors (Lipinski definition) is 1. The van der Waals surface area contributed by atoms with Gasteiger partial charge in [0.15, 0.2) is 0 Å². The van der Waals surface area contributed by atoms with Gasteiger partial charge in [0, 0.05) is 37.4 Å². The lowest BCUT2D eigenvalue weighted by Crippen LogP contribution is -2.31. The first-order valence-electron chi connectivity index (χ1n) is 7.82. The Balaban J connectivity index is 1.70. The third kappa shape index (κ3) is 3.42. The SMILES string of the molecule is CCN(Cc1ccccn1)CC1CCNc2ccccc21. The highest BCUT2D eigenvalue weighted by molar-refractivity contribution is 5.54. The van der Waals surface area contributed by atoms with E-state index >= 15 is 0 Å². The van der Waals surface area contributed by atoms with Crippen molar-refractivity contribution in [1.29, 1.82) is 0 Å². The fourth-order valence-electron chi connectivity index (χ4n) is 3.08. The van der Waals surface area contributed by atoms with Crippen LogP contribution in [0.1, 0.15) is 30.5 Å². The van der Waals surface area contributed by atoms with Crippen LogP contribution in [0.3, 0.4) is 0 Å². The number of nitrogens with one attached hydrogen (secondary N) is 1. The largest absolute Gasteiger partial charge is 0.385 e. The van der Waals surface area contributed by atoms with Crippen LogP contribution in [0.25, 0.3) is 0 Å². The van der Waals surface area contributed by atoms with Gasteiger partial charge >= 0.3 is 0 Å². The number of para-hydroxylation sites is 1. The Morgan fingerprint density at radius 2 is 2.05 bits per heavy atom. The second kappa shape index (κ2) is 6.72. The number of pyridine rings is 1. The molecule has 1 unspecified atom stereocenters.